The highest BCUT2D eigenvalue weighted by molar-refractivity contribution is 6.02. The van der Waals surface area contributed by atoms with Gasteiger partial charge in [0.1, 0.15) is 11.2 Å². The van der Waals surface area contributed by atoms with Gasteiger partial charge in [0.25, 0.3) is 0 Å². The summed E-state index contributed by atoms with van der Waals surface area (Å²) >= 11 is 0. The molecule has 0 unspecified atom stereocenters. The lowest BCUT2D eigenvalue weighted by molar-refractivity contribution is 0.0228. The van der Waals surface area contributed by atoms with E-state index in [1.807, 2.05) is 48.5 Å². The minimum atomic E-state index is -0.833. The number of methoxy groups -OCH3 is 2. The summed E-state index contributed by atoms with van der Waals surface area (Å²) < 4.78 is 10.5. The van der Waals surface area contributed by atoms with Crippen LogP contribution in [0.4, 0.5) is 0 Å². The first-order valence-corrected chi connectivity index (χ1v) is 8.98. The molecule has 0 spiro atoms. The average Bonchev–Trinajstić information content (AvgIpc) is 2.68. The molecule has 0 aliphatic heterocycles. The van der Waals surface area contributed by atoms with Crippen molar-refractivity contribution in [2.45, 2.75) is 45.3 Å². The van der Waals surface area contributed by atoms with E-state index in [1.54, 1.807) is 27.7 Å². The van der Waals surface area contributed by atoms with Gasteiger partial charge in [0.15, 0.2) is 11.6 Å². The minimum absolute atomic E-state index is 0.0415. The fourth-order valence-electron chi connectivity index (χ4n) is 2.66. The molecule has 0 saturated carbocycles. The summed E-state index contributed by atoms with van der Waals surface area (Å²) in [5.74, 6) is -0.0830. The Balaban J connectivity index is 2.10. The van der Waals surface area contributed by atoms with Crippen LogP contribution < -0.4 is 0 Å². The molecule has 2 aromatic rings. The van der Waals surface area contributed by atoms with E-state index >= 15 is 0 Å². The van der Waals surface area contributed by atoms with E-state index in [0.29, 0.717) is 11.1 Å². The van der Waals surface area contributed by atoms with Crippen molar-refractivity contribution in [2.75, 3.05) is 14.2 Å². The first kappa shape index (κ1) is 21.0. The molecule has 0 aliphatic carbocycles. The van der Waals surface area contributed by atoms with E-state index in [-0.39, 0.29) is 11.6 Å². The van der Waals surface area contributed by atoms with Gasteiger partial charge in [-0.2, -0.15) is 0 Å². The number of benzene rings is 2. The first-order chi connectivity index (χ1) is 12.6. The molecule has 0 fully saturated rings. The third kappa shape index (κ3) is 4.90. The van der Waals surface area contributed by atoms with Gasteiger partial charge in [-0.25, -0.2) is 0 Å². The van der Waals surface area contributed by atoms with Crippen molar-refractivity contribution >= 4 is 11.6 Å². The predicted octanol–water partition coefficient (Wildman–Crippen LogP) is 4.49. The molecule has 0 bridgehead atoms. The monoisotopic (exact) mass is 368 g/mol. The lowest BCUT2D eigenvalue weighted by atomic mass is 9.93. The molecule has 2 rings (SSSR count). The molecule has 144 valence electrons. The number of hydrogen-bond acceptors (Lipinski definition) is 4. The van der Waals surface area contributed by atoms with Crippen LogP contribution in [0.15, 0.2) is 48.5 Å². The maximum Gasteiger partial charge on any atom is 0.194 e. The number of rotatable bonds is 8. The van der Waals surface area contributed by atoms with Crippen molar-refractivity contribution in [3.05, 3.63) is 70.8 Å². The van der Waals surface area contributed by atoms with E-state index in [1.165, 1.54) is 14.2 Å². The Bertz CT molecular complexity index is 730. The molecule has 27 heavy (non-hydrogen) atoms. The Hall–Kier alpha value is -2.30. The second-order valence-electron chi connectivity index (χ2n) is 7.66. The number of Topliss-reactive ketones (excluding diaryl/α,β-unsaturated/α-hetero) is 2. The van der Waals surface area contributed by atoms with Crippen molar-refractivity contribution in [2.24, 2.45) is 0 Å². The molecule has 2 aromatic carbocycles. The molecule has 0 aliphatic rings. The summed E-state index contributed by atoms with van der Waals surface area (Å²) in [6.45, 7) is 7.04. The largest absolute Gasteiger partial charge is 0.371 e. The topological polar surface area (TPSA) is 52.6 Å². The molecule has 0 heterocycles. The zero-order valence-corrected chi connectivity index (χ0v) is 17.0. The third-order valence-electron chi connectivity index (χ3n) is 4.95. The Kier molecular flexibility index (Phi) is 6.34. The van der Waals surface area contributed by atoms with Gasteiger partial charge in [0, 0.05) is 25.3 Å². The standard InChI is InChI=1S/C23H28O4/c1-22(2,26-5)20(24)18-11-7-16(8-12-18)15-17-9-13-19(14-10-17)21(25)23(3,4)27-6/h7-14H,15H2,1-6H3. The lowest BCUT2D eigenvalue weighted by Gasteiger charge is -2.21. The van der Waals surface area contributed by atoms with Crippen LogP contribution in [-0.4, -0.2) is 37.0 Å². The van der Waals surface area contributed by atoms with Gasteiger partial charge >= 0.3 is 0 Å². The number of ether oxygens (including phenoxy) is 2. The molecule has 0 atom stereocenters. The van der Waals surface area contributed by atoms with Crippen LogP contribution in [0, 0.1) is 0 Å². The van der Waals surface area contributed by atoms with Crippen LogP contribution in [0.5, 0.6) is 0 Å². The number of ketones is 2. The average molecular weight is 368 g/mol. The maximum atomic E-state index is 12.4. The molecule has 4 heteroatoms. The van der Waals surface area contributed by atoms with Crippen LogP contribution in [-0.2, 0) is 15.9 Å². The van der Waals surface area contributed by atoms with E-state index in [0.717, 1.165) is 17.5 Å². The van der Waals surface area contributed by atoms with Crippen LogP contribution >= 0.6 is 0 Å². The van der Waals surface area contributed by atoms with Gasteiger partial charge in [0.2, 0.25) is 0 Å². The Morgan fingerprint density at radius 3 is 1.22 bits per heavy atom. The third-order valence-corrected chi connectivity index (χ3v) is 4.95. The van der Waals surface area contributed by atoms with Crippen LogP contribution in [0.3, 0.4) is 0 Å². The van der Waals surface area contributed by atoms with E-state index < -0.39 is 11.2 Å². The number of hydrogen-bond donors (Lipinski definition) is 0. The highest BCUT2D eigenvalue weighted by Gasteiger charge is 2.28. The molecule has 0 saturated heterocycles. The highest BCUT2D eigenvalue weighted by Crippen LogP contribution is 2.20. The van der Waals surface area contributed by atoms with Crippen molar-refractivity contribution in [3.63, 3.8) is 0 Å². The molecule has 0 radical (unpaired) electrons. The van der Waals surface area contributed by atoms with Crippen molar-refractivity contribution in [3.8, 4) is 0 Å². The van der Waals surface area contributed by atoms with Crippen molar-refractivity contribution < 1.29 is 19.1 Å². The SMILES string of the molecule is COC(C)(C)C(=O)c1ccc(Cc2ccc(C(=O)C(C)(C)OC)cc2)cc1. The minimum Gasteiger partial charge on any atom is -0.371 e. The summed E-state index contributed by atoms with van der Waals surface area (Å²) in [7, 11) is 3.07. The molecular formula is C23H28O4. The molecule has 0 aromatic heterocycles. The second kappa shape index (κ2) is 8.15. The molecule has 4 nitrogen and oxygen atoms in total. The fraction of sp³-hybridized carbons (Fsp3) is 0.391. The lowest BCUT2D eigenvalue weighted by Crippen LogP contribution is -2.33. The zero-order valence-electron chi connectivity index (χ0n) is 17.0. The molecule has 0 amide bonds. The maximum absolute atomic E-state index is 12.4. The van der Waals surface area contributed by atoms with Crippen molar-refractivity contribution in [1.29, 1.82) is 0 Å². The summed E-state index contributed by atoms with van der Waals surface area (Å²) in [5.41, 5.74) is 1.79. The summed E-state index contributed by atoms with van der Waals surface area (Å²) in [6, 6.07) is 15.1. The normalized spacial score (nSPS) is 12.1. The Morgan fingerprint density at radius 2 is 0.963 bits per heavy atom. The van der Waals surface area contributed by atoms with Gasteiger partial charge in [-0.05, 0) is 45.2 Å². The van der Waals surface area contributed by atoms with Crippen LogP contribution in [0.2, 0.25) is 0 Å². The van der Waals surface area contributed by atoms with Crippen molar-refractivity contribution in [1.82, 2.24) is 0 Å². The van der Waals surface area contributed by atoms with Gasteiger partial charge < -0.3 is 9.47 Å². The predicted molar refractivity (Wildman–Crippen MR) is 107 cm³/mol. The number of carbonyl (C=O) groups excluding carboxylic acids is 2. The zero-order chi connectivity index (χ0) is 20.2. The van der Waals surface area contributed by atoms with E-state index in [9.17, 15) is 9.59 Å². The van der Waals surface area contributed by atoms with E-state index in [4.69, 9.17) is 9.47 Å². The van der Waals surface area contributed by atoms with Gasteiger partial charge in [0.05, 0.1) is 0 Å². The molecule has 0 N–H and O–H groups in total. The smallest absolute Gasteiger partial charge is 0.194 e. The Morgan fingerprint density at radius 1 is 0.667 bits per heavy atom. The Labute approximate surface area is 161 Å². The van der Waals surface area contributed by atoms with Gasteiger partial charge in [-0.3, -0.25) is 9.59 Å². The summed E-state index contributed by atoms with van der Waals surface area (Å²) in [6.07, 6.45) is 0.726. The first-order valence-electron chi connectivity index (χ1n) is 8.98. The van der Waals surface area contributed by atoms with Crippen LogP contribution in [0.1, 0.15) is 59.5 Å². The van der Waals surface area contributed by atoms with Gasteiger partial charge in [-0.1, -0.05) is 48.5 Å². The second-order valence-corrected chi connectivity index (χ2v) is 7.66. The molecular weight excluding hydrogens is 340 g/mol. The summed E-state index contributed by atoms with van der Waals surface area (Å²) in [5, 5.41) is 0. The van der Waals surface area contributed by atoms with Gasteiger partial charge in [-0.15, -0.1) is 0 Å². The quantitative estimate of drug-likeness (QED) is 0.644. The fourth-order valence-corrected chi connectivity index (χ4v) is 2.66. The van der Waals surface area contributed by atoms with Crippen LogP contribution in [0.25, 0.3) is 0 Å². The number of carbonyl (C=O) groups is 2. The highest BCUT2D eigenvalue weighted by atomic mass is 16.5. The summed E-state index contributed by atoms with van der Waals surface area (Å²) in [4.78, 5) is 24.8. The van der Waals surface area contributed by atoms with E-state index in [2.05, 4.69) is 0 Å².